The summed E-state index contributed by atoms with van der Waals surface area (Å²) >= 11 is 0. The molecule has 0 saturated heterocycles. The van der Waals surface area contributed by atoms with Crippen molar-refractivity contribution in [3.05, 3.63) is 42.0 Å². The van der Waals surface area contributed by atoms with E-state index in [2.05, 4.69) is 16.3 Å². The maximum absolute atomic E-state index is 12.5. The molecule has 1 saturated carbocycles. The highest BCUT2D eigenvalue weighted by Crippen LogP contribution is 2.34. The number of amides is 1. The molecule has 6 nitrogen and oxygen atoms in total. The second-order valence-electron chi connectivity index (χ2n) is 6.01. The van der Waals surface area contributed by atoms with Crippen LogP contribution in [0.5, 0.6) is 0 Å². The van der Waals surface area contributed by atoms with Crippen LogP contribution in [-0.2, 0) is 7.05 Å². The first-order valence-electron chi connectivity index (χ1n) is 7.73. The zero-order chi connectivity index (χ0) is 15.1. The fraction of sp³-hybridized carbons (Fsp3) is 0.438. The summed E-state index contributed by atoms with van der Waals surface area (Å²) in [4.78, 5) is 14.4. The molecule has 0 spiro atoms. The van der Waals surface area contributed by atoms with Crippen LogP contribution in [0.25, 0.3) is 5.57 Å². The van der Waals surface area contributed by atoms with Crippen LogP contribution in [0.15, 0.2) is 30.7 Å². The molecule has 0 unspecified atom stereocenters. The first kappa shape index (κ1) is 13.3. The van der Waals surface area contributed by atoms with Gasteiger partial charge in [0.05, 0.1) is 23.5 Å². The Morgan fingerprint density at radius 2 is 2.18 bits per heavy atom. The summed E-state index contributed by atoms with van der Waals surface area (Å²) in [5.74, 6) is 0.0761. The Bertz CT molecular complexity index is 737. The van der Waals surface area contributed by atoms with E-state index < -0.39 is 0 Å². The molecule has 0 atom stereocenters. The summed E-state index contributed by atoms with van der Waals surface area (Å²) in [6.45, 7) is 1.39. The van der Waals surface area contributed by atoms with Gasteiger partial charge in [-0.15, -0.1) is 0 Å². The van der Waals surface area contributed by atoms with Crippen LogP contribution in [0, 0.1) is 0 Å². The minimum absolute atomic E-state index is 0.0761. The van der Waals surface area contributed by atoms with Gasteiger partial charge in [-0.05, 0) is 30.9 Å². The lowest BCUT2D eigenvalue weighted by atomic mass is 10.0. The van der Waals surface area contributed by atoms with Crippen molar-refractivity contribution in [1.29, 1.82) is 0 Å². The summed E-state index contributed by atoms with van der Waals surface area (Å²) < 4.78 is 3.80. The van der Waals surface area contributed by atoms with E-state index in [1.807, 2.05) is 33.6 Å². The topological polar surface area (TPSA) is 56.0 Å². The van der Waals surface area contributed by atoms with Crippen molar-refractivity contribution in [2.24, 2.45) is 7.05 Å². The molecule has 0 aromatic carbocycles. The molecule has 2 aliphatic rings. The molecule has 4 rings (SSSR count). The molecule has 0 radical (unpaired) electrons. The molecule has 0 bridgehead atoms. The van der Waals surface area contributed by atoms with Crippen molar-refractivity contribution in [3.8, 4) is 0 Å². The summed E-state index contributed by atoms with van der Waals surface area (Å²) in [5, 5.41) is 8.51. The molecule has 6 heteroatoms. The highest BCUT2D eigenvalue weighted by molar-refractivity contribution is 5.94. The van der Waals surface area contributed by atoms with E-state index in [-0.39, 0.29) is 5.91 Å². The first-order valence-corrected chi connectivity index (χ1v) is 7.73. The second-order valence-corrected chi connectivity index (χ2v) is 6.01. The molecule has 1 aliphatic heterocycles. The van der Waals surface area contributed by atoms with Gasteiger partial charge in [0, 0.05) is 32.5 Å². The zero-order valence-electron chi connectivity index (χ0n) is 12.6. The number of aryl methyl sites for hydroxylation is 1. The molecule has 2 aromatic rings. The van der Waals surface area contributed by atoms with Gasteiger partial charge in [0.25, 0.3) is 5.91 Å². The molecule has 22 heavy (non-hydrogen) atoms. The number of carbonyl (C=O) groups is 1. The normalized spacial score (nSPS) is 18.4. The van der Waals surface area contributed by atoms with Gasteiger partial charge < -0.3 is 4.90 Å². The van der Waals surface area contributed by atoms with Crippen molar-refractivity contribution >= 4 is 11.5 Å². The van der Waals surface area contributed by atoms with E-state index in [1.165, 1.54) is 18.4 Å². The number of nitrogens with zero attached hydrogens (tertiary/aromatic N) is 5. The molecule has 0 N–H and O–H groups in total. The summed E-state index contributed by atoms with van der Waals surface area (Å²) in [6, 6.07) is 2.53. The van der Waals surface area contributed by atoms with E-state index in [4.69, 9.17) is 0 Å². The fourth-order valence-electron chi connectivity index (χ4n) is 2.94. The maximum Gasteiger partial charge on any atom is 0.257 e. The second kappa shape index (κ2) is 5.12. The highest BCUT2D eigenvalue weighted by atomic mass is 16.2. The molecule has 1 aliphatic carbocycles. The van der Waals surface area contributed by atoms with E-state index >= 15 is 0 Å². The molecule has 114 valence electrons. The van der Waals surface area contributed by atoms with Gasteiger partial charge >= 0.3 is 0 Å². The summed E-state index contributed by atoms with van der Waals surface area (Å²) in [7, 11) is 1.94. The van der Waals surface area contributed by atoms with Crippen molar-refractivity contribution in [2.45, 2.75) is 25.3 Å². The van der Waals surface area contributed by atoms with Gasteiger partial charge in [-0.2, -0.15) is 10.2 Å². The van der Waals surface area contributed by atoms with Crippen molar-refractivity contribution in [3.63, 3.8) is 0 Å². The lowest BCUT2D eigenvalue weighted by Crippen LogP contribution is -2.34. The van der Waals surface area contributed by atoms with E-state index in [9.17, 15) is 4.79 Å². The minimum Gasteiger partial charge on any atom is -0.334 e. The third-order valence-electron chi connectivity index (χ3n) is 4.42. The van der Waals surface area contributed by atoms with Crippen LogP contribution in [0.2, 0.25) is 0 Å². The van der Waals surface area contributed by atoms with Gasteiger partial charge in [-0.1, -0.05) is 6.08 Å². The predicted octanol–water partition coefficient (Wildman–Crippen LogP) is 1.88. The van der Waals surface area contributed by atoms with Crippen LogP contribution < -0.4 is 0 Å². The molecular formula is C16H19N5O. The van der Waals surface area contributed by atoms with E-state index in [0.29, 0.717) is 18.2 Å². The lowest BCUT2D eigenvalue weighted by molar-refractivity contribution is 0.0772. The number of hydrogen-bond acceptors (Lipinski definition) is 3. The zero-order valence-corrected chi connectivity index (χ0v) is 12.6. The number of hydrogen-bond donors (Lipinski definition) is 0. The Morgan fingerprint density at radius 1 is 1.32 bits per heavy atom. The standard InChI is InChI=1S/C16H19N5O/c1-19-15(4-7-17-19)12-5-8-20(9-6-12)16(22)13-10-18-21(11-13)14-2-3-14/h4-5,7,10-11,14H,2-3,6,8-9H2,1H3. The van der Waals surface area contributed by atoms with E-state index in [0.717, 1.165) is 18.7 Å². The largest absolute Gasteiger partial charge is 0.334 e. The van der Waals surface area contributed by atoms with Crippen molar-refractivity contribution in [1.82, 2.24) is 24.5 Å². The van der Waals surface area contributed by atoms with Gasteiger partial charge in [-0.25, -0.2) is 0 Å². The van der Waals surface area contributed by atoms with Gasteiger partial charge in [0.2, 0.25) is 0 Å². The fourth-order valence-corrected chi connectivity index (χ4v) is 2.94. The minimum atomic E-state index is 0.0761. The average molecular weight is 297 g/mol. The van der Waals surface area contributed by atoms with Crippen LogP contribution >= 0.6 is 0 Å². The van der Waals surface area contributed by atoms with Crippen LogP contribution in [-0.4, -0.2) is 43.5 Å². The Labute approximate surface area is 129 Å². The highest BCUT2D eigenvalue weighted by Gasteiger charge is 2.26. The predicted molar refractivity (Wildman–Crippen MR) is 82.2 cm³/mol. The van der Waals surface area contributed by atoms with E-state index in [1.54, 1.807) is 12.4 Å². The third kappa shape index (κ3) is 2.34. The van der Waals surface area contributed by atoms with Crippen molar-refractivity contribution in [2.75, 3.05) is 13.1 Å². The first-order chi connectivity index (χ1) is 10.7. The quantitative estimate of drug-likeness (QED) is 0.869. The number of carbonyl (C=O) groups excluding carboxylic acids is 1. The maximum atomic E-state index is 12.5. The number of aromatic nitrogens is 4. The molecule has 1 amide bonds. The van der Waals surface area contributed by atoms with Crippen molar-refractivity contribution < 1.29 is 4.79 Å². The third-order valence-corrected chi connectivity index (χ3v) is 4.42. The summed E-state index contributed by atoms with van der Waals surface area (Å²) in [5.41, 5.74) is 3.09. The Morgan fingerprint density at radius 3 is 2.82 bits per heavy atom. The van der Waals surface area contributed by atoms with Gasteiger partial charge in [0.1, 0.15) is 0 Å². The monoisotopic (exact) mass is 297 g/mol. The SMILES string of the molecule is Cn1nccc1C1=CCN(C(=O)c2cnn(C3CC3)c2)CC1. The summed E-state index contributed by atoms with van der Waals surface area (Å²) in [6.07, 6.45) is 10.7. The van der Waals surface area contributed by atoms with Crippen LogP contribution in [0.3, 0.4) is 0 Å². The van der Waals surface area contributed by atoms with Crippen LogP contribution in [0.1, 0.15) is 41.4 Å². The van der Waals surface area contributed by atoms with Crippen LogP contribution in [0.4, 0.5) is 0 Å². The number of rotatable bonds is 3. The van der Waals surface area contributed by atoms with Gasteiger partial charge in [-0.3, -0.25) is 14.2 Å². The molecule has 3 heterocycles. The molecular weight excluding hydrogens is 278 g/mol. The van der Waals surface area contributed by atoms with Gasteiger partial charge in [0.15, 0.2) is 0 Å². The lowest BCUT2D eigenvalue weighted by Gasteiger charge is -2.26. The Balaban J connectivity index is 1.47. The smallest absolute Gasteiger partial charge is 0.257 e. The molecule has 2 aromatic heterocycles. The Kier molecular flexibility index (Phi) is 3.10. The Hall–Kier alpha value is -2.37. The molecule has 1 fully saturated rings. The average Bonchev–Trinajstić information content (AvgIpc) is 3.12.